The number of piperazine rings is 1. The number of amides is 2. The Morgan fingerprint density at radius 3 is 2.43 bits per heavy atom. The fourth-order valence-electron chi connectivity index (χ4n) is 4.89. The summed E-state index contributed by atoms with van der Waals surface area (Å²) >= 11 is 0. The average molecular weight is 477 g/mol. The van der Waals surface area contributed by atoms with Crippen LogP contribution < -0.4 is 15.1 Å². The molecule has 35 heavy (non-hydrogen) atoms. The number of rotatable bonds is 6. The number of methoxy groups -OCH3 is 1. The van der Waals surface area contributed by atoms with Crippen LogP contribution >= 0.6 is 0 Å². The lowest BCUT2D eigenvalue weighted by Gasteiger charge is -2.37. The van der Waals surface area contributed by atoms with Crippen molar-refractivity contribution in [3.8, 4) is 5.75 Å². The highest BCUT2D eigenvalue weighted by molar-refractivity contribution is 5.91. The van der Waals surface area contributed by atoms with Crippen LogP contribution in [-0.4, -0.2) is 78.9 Å². The largest absolute Gasteiger partial charge is 0.497 e. The Morgan fingerprint density at radius 2 is 1.77 bits per heavy atom. The molecule has 184 valence electrons. The van der Waals surface area contributed by atoms with Crippen LogP contribution in [0.2, 0.25) is 0 Å². The Morgan fingerprint density at radius 1 is 1.06 bits per heavy atom. The van der Waals surface area contributed by atoms with Crippen LogP contribution in [0.4, 0.5) is 5.69 Å². The second-order valence-electron chi connectivity index (χ2n) is 9.13. The predicted molar refractivity (Wildman–Crippen MR) is 134 cm³/mol. The summed E-state index contributed by atoms with van der Waals surface area (Å²) in [7, 11) is 1.65. The van der Waals surface area contributed by atoms with E-state index in [1.807, 2.05) is 29.2 Å². The van der Waals surface area contributed by atoms with Gasteiger partial charge in [0.1, 0.15) is 24.7 Å². The van der Waals surface area contributed by atoms with E-state index in [4.69, 9.17) is 4.74 Å². The number of ether oxygens (including phenoxy) is 1. The number of hydrazone groups is 1. The molecular formula is C26H32N6O3. The zero-order chi connectivity index (χ0) is 24.4. The van der Waals surface area contributed by atoms with Gasteiger partial charge >= 0.3 is 0 Å². The van der Waals surface area contributed by atoms with Crippen molar-refractivity contribution in [2.75, 3.05) is 44.7 Å². The van der Waals surface area contributed by atoms with Gasteiger partial charge < -0.3 is 14.5 Å². The van der Waals surface area contributed by atoms with Gasteiger partial charge in [0, 0.05) is 31.9 Å². The molecule has 3 aliphatic rings. The van der Waals surface area contributed by atoms with Crippen molar-refractivity contribution in [3.05, 3.63) is 59.7 Å². The van der Waals surface area contributed by atoms with Crippen molar-refractivity contribution in [2.24, 2.45) is 5.10 Å². The number of nitrogens with zero attached hydrogens (tertiary/aromatic N) is 5. The van der Waals surface area contributed by atoms with Gasteiger partial charge in [0.2, 0.25) is 5.91 Å². The van der Waals surface area contributed by atoms with Gasteiger partial charge in [-0.2, -0.15) is 5.10 Å². The third-order valence-electron chi connectivity index (χ3n) is 7.10. The number of nitrogens with one attached hydrogen (secondary N) is 1. The van der Waals surface area contributed by atoms with E-state index in [1.165, 1.54) is 10.6 Å². The fourth-order valence-corrected chi connectivity index (χ4v) is 4.89. The van der Waals surface area contributed by atoms with Crippen LogP contribution in [0.3, 0.4) is 0 Å². The number of carbonyl (C=O) groups excluding carboxylic acids is 2. The van der Waals surface area contributed by atoms with Gasteiger partial charge in [0.05, 0.1) is 13.2 Å². The summed E-state index contributed by atoms with van der Waals surface area (Å²) in [6, 6.07) is 16.1. The highest BCUT2D eigenvalue weighted by atomic mass is 16.5. The molecule has 2 saturated heterocycles. The number of hydrogen-bond donors (Lipinski definition) is 1. The first kappa shape index (κ1) is 23.2. The molecule has 2 amide bonds. The highest BCUT2D eigenvalue weighted by Gasteiger charge is 2.41. The van der Waals surface area contributed by atoms with Crippen molar-refractivity contribution >= 4 is 23.8 Å². The van der Waals surface area contributed by atoms with Crippen molar-refractivity contribution in [3.63, 3.8) is 0 Å². The van der Waals surface area contributed by atoms with Gasteiger partial charge in [-0.1, -0.05) is 31.2 Å². The van der Waals surface area contributed by atoms with E-state index in [-0.39, 0.29) is 30.4 Å². The minimum atomic E-state index is -0.358. The molecule has 3 heterocycles. The first-order valence-electron chi connectivity index (χ1n) is 12.2. The monoisotopic (exact) mass is 476 g/mol. The lowest BCUT2D eigenvalue weighted by Crippen LogP contribution is -2.55. The van der Waals surface area contributed by atoms with E-state index in [0.29, 0.717) is 19.5 Å². The van der Waals surface area contributed by atoms with E-state index in [1.54, 1.807) is 18.5 Å². The molecule has 2 unspecified atom stereocenters. The normalized spacial score (nSPS) is 21.9. The van der Waals surface area contributed by atoms with Crippen molar-refractivity contribution in [2.45, 2.75) is 31.8 Å². The van der Waals surface area contributed by atoms with Crippen LogP contribution in [0.1, 0.15) is 30.5 Å². The molecule has 0 bridgehead atoms. The molecule has 2 atom stereocenters. The Labute approximate surface area is 205 Å². The van der Waals surface area contributed by atoms with E-state index >= 15 is 0 Å². The second kappa shape index (κ2) is 9.95. The highest BCUT2D eigenvalue weighted by Crippen LogP contribution is 2.30. The number of benzene rings is 2. The molecule has 9 nitrogen and oxygen atoms in total. The summed E-state index contributed by atoms with van der Waals surface area (Å²) in [5.41, 5.74) is 6.92. The zero-order valence-electron chi connectivity index (χ0n) is 20.3. The molecule has 2 aromatic carbocycles. The Bertz CT molecular complexity index is 1080. The van der Waals surface area contributed by atoms with E-state index in [9.17, 15) is 9.59 Å². The Balaban J connectivity index is 1.14. The van der Waals surface area contributed by atoms with Crippen LogP contribution in [0.5, 0.6) is 5.75 Å². The number of hydrogen-bond acceptors (Lipinski definition) is 7. The molecule has 3 aliphatic heterocycles. The summed E-state index contributed by atoms with van der Waals surface area (Å²) < 4.78 is 5.23. The van der Waals surface area contributed by atoms with E-state index < -0.39 is 0 Å². The quantitative estimate of drug-likeness (QED) is 0.687. The molecular weight excluding hydrogens is 444 g/mol. The third-order valence-corrected chi connectivity index (χ3v) is 7.10. The fraction of sp³-hybridized carbons (Fsp3) is 0.423. The van der Waals surface area contributed by atoms with Crippen LogP contribution in [0.15, 0.2) is 53.6 Å². The summed E-state index contributed by atoms with van der Waals surface area (Å²) in [5.74, 6) is 0.611. The smallest absolute Gasteiger partial charge is 0.267 e. The molecule has 2 aromatic rings. The lowest BCUT2D eigenvalue weighted by atomic mass is 9.99. The summed E-state index contributed by atoms with van der Waals surface area (Å²) in [6.07, 6.45) is 3.26. The number of aryl methyl sites for hydroxylation is 1. The van der Waals surface area contributed by atoms with Gasteiger partial charge in [-0.25, -0.2) is 10.4 Å². The molecule has 9 heteroatoms. The molecule has 0 aromatic heterocycles. The topological polar surface area (TPSA) is 80.7 Å². The second-order valence-corrected chi connectivity index (χ2v) is 9.13. The number of anilines is 1. The molecule has 5 rings (SSSR count). The first-order valence-corrected chi connectivity index (χ1v) is 12.2. The lowest BCUT2D eigenvalue weighted by molar-refractivity contribution is -0.144. The van der Waals surface area contributed by atoms with E-state index in [2.05, 4.69) is 46.6 Å². The van der Waals surface area contributed by atoms with Crippen LogP contribution in [0.25, 0.3) is 0 Å². The number of fused-ring (bicyclic) bond motifs is 1. The number of carbonyl (C=O) groups is 2. The van der Waals surface area contributed by atoms with Crippen molar-refractivity contribution in [1.82, 2.24) is 20.3 Å². The Kier molecular flexibility index (Phi) is 6.59. The van der Waals surface area contributed by atoms with Crippen LogP contribution in [-0.2, 0) is 16.0 Å². The van der Waals surface area contributed by atoms with Gasteiger partial charge in [-0.05, 0) is 48.2 Å². The molecule has 0 radical (unpaired) electrons. The maximum atomic E-state index is 13.1. The zero-order valence-corrected chi connectivity index (χ0v) is 20.3. The first-order chi connectivity index (χ1) is 17.1. The third kappa shape index (κ3) is 4.81. The maximum absolute atomic E-state index is 13.1. The SMILES string of the molecule is CCc1ccc(C2CC3C(=O)N(CC(=O)N4CCN(c5ccc(OC)cc5)CC4)N=CN3N2)cc1. The van der Waals surface area contributed by atoms with Gasteiger partial charge in [-0.3, -0.25) is 14.6 Å². The number of hydrazine groups is 1. The summed E-state index contributed by atoms with van der Waals surface area (Å²) in [4.78, 5) is 30.2. The summed E-state index contributed by atoms with van der Waals surface area (Å²) in [5, 5.41) is 7.37. The molecule has 1 N–H and O–H groups in total. The Hall–Kier alpha value is -3.59. The van der Waals surface area contributed by atoms with Crippen molar-refractivity contribution in [1.29, 1.82) is 0 Å². The van der Waals surface area contributed by atoms with E-state index in [0.717, 1.165) is 36.5 Å². The molecule has 2 fully saturated rings. The molecule has 0 saturated carbocycles. The maximum Gasteiger partial charge on any atom is 0.267 e. The minimum Gasteiger partial charge on any atom is -0.497 e. The molecule has 0 aliphatic carbocycles. The van der Waals surface area contributed by atoms with Crippen LogP contribution in [0, 0.1) is 0 Å². The van der Waals surface area contributed by atoms with Gasteiger partial charge in [-0.15, -0.1) is 0 Å². The van der Waals surface area contributed by atoms with Crippen molar-refractivity contribution < 1.29 is 14.3 Å². The summed E-state index contributed by atoms with van der Waals surface area (Å²) in [6.45, 7) is 4.82. The molecule has 0 spiro atoms. The standard InChI is InChI=1S/C26H32N6O3/c1-3-19-4-6-20(7-5-19)23-16-24-26(34)31(27-18-32(24)28-23)17-25(33)30-14-12-29(13-15-30)21-8-10-22(35-2)11-9-21/h4-11,18,23-24,28H,3,12-17H2,1-2H3. The van der Waals surface area contributed by atoms with Gasteiger partial charge in [0.25, 0.3) is 5.91 Å². The van der Waals surface area contributed by atoms with Gasteiger partial charge in [0.15, 0.2) is 0 Å². The predicted octanol–water partition coefficient (Wildman–Crippen LogP) is 2.01. The average Bonchev–Trinajstić information content (AvgIpc) is 3.36. The minimum absolute atomic E-state index is 0.0297.